The molecule has 0 bridgehead atoms. The third-order valence-electron chi connectivity index (χ3n) is 3.72. The van der Waals surface area contributed by atoms with Crippen molar-refractivity contribution in [3.63, 3.8) is 0 Å². The molecule has 2 aliphatic heterocycles. The lowest BCUT2D eigenvalue weighted by molar-refractivity contribution is -0.124. The van der Waals surface area contributed by atoms with Gasteiger partial charge < -0.3 is 10.6 Å². The minimum Gasteiger partial charge on any atom is -0.338 e. The van der Waals surface area contributed by atoms with Gasteiger partial charge in [-0.15, -0.1) is 0 Å². The SMILES string of the molecule is CC1(C)NC(=O)C2=C(NC(=O)C(C#N)C2c2ccccc2)S1. The molecule has 2 atom stereocenters. The Labute approximate surface area is 132 Å². The van der Waals surface area contributed by atoms with Crippen molar-refractivity contribution in [2.45, 2.75) is 24.6 Å². The van der Waals surface area contributed by atoms with E-state index in [0.29, 0.717) is 10.6 Å². The number of nitrogens with one attached hydrogen (secondary N) is 2. The average molecular weight is 313 g/mol. The van der Waals surface area contributed by atoms with E-state index in [1.807, 2.05) is 50.2 Å². The van der Waals surface area contributed by atoms with E-state index >= 15 is 0 Å². The van der Waals surface area contributed by atoms with E-state index in [2.05, 4.69) is 10.6 Å². The molecule has 0 fully saturated rings. The summed E-state index contributed by atoms with van der Waals surface area (Å²) in [4.78, 5) is 24.3. The van der Waals surface area contributed by atoms with Crippen molar-refractivity contribution in [2.24, 2.45) is 5.92 Å². The van der Waals surface area contributed by atoms with Crippen LogP contribution in [0.15, 0.2) is 40.9 Å². The molecule has 112 valence electrons. The van der Waals surface area contributed by atoms with Crippen LogP contribution in [0.4, 0.5) is 0 Å². The molecule has 0 radical (unpaired) electrons. The summed E-state index contributed by atoms with van der Waals surface area (Å²) >= 11 is 1.40. The molecule has 2 unspecified atom stereocenters. The highest BCUT2D eigenvalue weighted by Crippen LogP contribution is 2.45. The predicted octanol–water partition coefficient (Wildman–Crippen LogP) is 1.85. The summed E-state index contributed by atoms with van der Waals surface area (Å²) in [5, 5.41) is 15.6. The first-order valence-corrected chi connectivity index (χ1v) is 7.76. The summed E-state index contributed by atoms with van der Waals surface area (Å²) in [6.45, 7) is 3.75. The van der Waals surface area contributed by atoms with Crippen LogP contribution in [0, 0.1) is 17.2 Å². The molecule has 2 N–H and O–H groups in total. The zero-order valence-electron chi connectivity index (χ0n) is 12.2. The third-order valence-corrected chi connectivity index (χ3v) is 4.86. The highest BCUT2D eigenvalue weighted by atomic mass is 32.2. The van der Waals surface area contributed by atoms with Crippen molar-refractivity contribution >= 4 is 23.6 Å². The van der Waals surface area contributed by atoms with Gasteiger partial charge in [0, 0.05) is 5.92 Å². The lowest BCUT2D eigenvalue weighted by Gasteiger charge is -2.39. The van der Waals surface area contributed by atoms with Crippen molar-refractivity contribution in [3.05, 3.63) is 46.5 Å². The summed E-state index contributed by atoms with van der Waals surface area (Å²) in [6.07, 6.45) is 0. The van der Waals surface area contributed by atoms with Gasteiger partial charge in [0.15, 0.2) is 0 Å². The molecular formula is C16H15N3O2S. The lowest BCUT2D eigenvalue weighted by Crippen LogP contribution is -2.52. The quantitative estimate of drug-likeness (QED) is 0.829. The van der Waals surface area contributed by atoms with Crippen LogP contribution in [-0.2, 0) is 9.59 Å². The van der Waals surface area contributed by atoms with Gasteiger partial charge in [-0.3, -0.25) is 9.59 Å². The number of nitrogens with zero attached hydrogens (tertiary/aromatic N) is 1. The monoisotopic (exact) mass is 313 g/mol. The fourth-order valence-corrected chi connectivity index (χ4v) is 3.95. The van der Waals surface area contributed by atoms with Gasteiger partial charge in [0.05, 0.1) is 21.5 Å². The van der Waals surface area contributed by atoms with Gasteiger partial charge in [-0.1, -0.05) is 42.1 Å². The second kappa shape index (κ2) is 5.18. The van der Waals surface area contributed by atoms with E-state index in [4.69, 9.17) is 0 Å². The molecule has 5 nitrogen and oxygen atoms in total. The maximum atomic E-state index is 12.6. The first-order chi connectivity index (χ1) is 10.4. The smallest absolute Gasteiger partial charge is 0.251 e. The van der Waals surface area contributed by atoms with Crippen molar-refractivity contribution in [3.8, 4) is 6.07 Å². The number of carbonyl (C=O) groups excluding carboxylic acids is 2. The molecule has 0 aliphatic carbocycles. The van der Waals surface area contributed by atoms with Crippen molar-refractivity contribution < 1.29 is 9.59 Å². The van der Waals surface area contributed by atoms with Gasteiger partial charge in [0.1, 0.15) is 5.92 Å². The van der Waals surface area contributed by atoms with Crippen LogP contribution in [0.3, 0.4) is 0 Å². The van der Waals surface area contributed by atoms with Gasteiger partial charge in [-0.2, -0.15) is 5.26 Å². The number of amides is 2. The van der Waals surface area contributed by atoms with Gasteiger partial charge in [-0.25, -0.2) is 0 Å². The Morgan fingerprint density at radius 1 is 1.23 bits per heavy atom. The summed E-state index contributed by atoms with van der Waals surface area (Å²) in [6, 6.07) is 11.3. The second-order valence-corrected chi connectivity index (χ2v) is 7.43. The van der Waals surface area contributed by atoms with Crippen LogP contribution in [-0.4, -0.2) is 16.7 Å². The fourth-order valence-electron chi connectivity index (χ4n) is 2.82. The molecule has 1 aromatic rings. The molecule has 2 amide bonds. The number of rotatable bonds is 1. The Kier molecular flexibility index (Phi) is 3.45. The summed E-state index contributed by atoms with van der Waals surface area (Å²) in [7, 11) is 0. The Balaban J connectivity index is 2.17. The highest BCUT2D eigenvalue weighted by molar-refractivity contribution is 8.04. The van der Waals surface area contributed by atoms with Crippen molar-refractivity contribution in [1.29, 1.82) is 5.26 Å². The van der Waals surface area contributed by atoms with Crippen LogP contribution in [0.1, 0.15) is 25.3 Å². The first kappa shape index (κ1) is 14.7. The maximum absolute atomic E-state index is 12.6. The maximum Gasteiger partial charge on any atom is 0.251 e. The van der Waals surface area contributed by atoms with Gasteiger partial charge in [-0.05, 0) is 19.4 Å². The molecule has 2 aliphatic rings. The Bertz CT molecular complexity index is 719. The van der Waals surface area contributed by atoms with Crippen LogP contribution in [0.25, 0.3) is 0 Å². The first-order valence-electron chi connectivity index (χ1n) is 6.94. The summed E-state index contributed by atoms with van der Waals surface area (Å²) in [5.41, 5.74) is 1.27. The number of hydrogen-bond acceptors (Lipinski definition) is 4. The summed E-state index contributed by atoms with van der Waals surface area (Å²) in [5.74, 6) is -2.03. The molecule has 22 heavy (non-hydrogen) atoms. The number of nitriles is 1. The molecule has 1 aromatic carbocycles. The number of benzene rings is 1. The molecule has 3 rings (SSSR count). The van der Waals surface area contributed by atoms with Crippen LogP contribution < -0.4 is 10.6 Å². The van der Waals surface area contributed by atoms with E-state index in [9.17, 15) is 14.9 Å². The molecule has 0 saturated carbocycles. The molecule has 0 aromatic heterocycles. The van der Waals surface area contributed by atoms with E-state index < -0.39 is 16.7 Å². The molecule has 0 saturated heterocycles. The van der Waals surface area contributed by atoms with Crippen molar-refractivity contribution in [1.82, 2.24) is 10.6 Å². The lowest BCUT2D eigenvalue weighted by atomic mass is 9.78. The number of carbonyl (C=O) groups is 2. The van der Waals surface area contributed by atoms with E-state index in [0.717, 1.165) is 5.56 Å². The Morgan fingerprint density at radius 3 is 2.55 bits per heavy atom. The van der Waals surface area contributed by atoms with E-state index in [-0.39, 0.29) is 11.8 Å². The Hall–Kier alpha value is -2.26. The van der Waals surface area contributed by atoms with Crippen LogP contribution in [0.2, 0.25) is 0 Å². The van der Waals surface area contributed by atoms with Gasteiger partial charge in [0.2, 0.25) is 5.91 Å². The second-order valence-electron chi connectivity index (χ2n) is 5.79. The Morgan fingerprint density at radius 2 is 1.91 bits per heavy atom. The van der Waals surface area contributed by atoms with E-state index in [1.165, 1.54) is 11.8 Å². The number of thioether (sulfide) groups is 1. The zero-order valence-corrected chi connectivity index (χ0v) is 13.0. The summed E-state index contributed by atoms with van der Waals surface area (Å²) < 4.78 is 0. The van der Waals surface area contributed by atoms with E-state index in [1.54, 1.807) is 0 Å². The normalized spacial score (nSPS) is 26.6. The predicted molar refractivity (Wildman–Crippen MR) is 83.3 cm³/mol. The third kappa shape index (κ3) is 2.38. The molecular weight excluding hydrogens is 298 g/mol. The minimum absolute atomic E-state index is 0.229. The molecule has 0 spiro atoms. The highest BCUT2D eigenvalue weighted by Gasteiger charge is 2.46. The molecule has 6 heteroatoms. The number of hydrogen-bond donors (Lipinski definition) is 2. The topological polar surface area (TPSA) is 82.0 Å². The van der Waals surface area contributed by atoms with Crippen LogP contribution >= 0.6 is 11.8 Å². The minimum atomic E-state index is -0.909. The van der Waals surface area contributed by atoms with Crippen molar-refractivity contribution in [2.75, 3.05) is 0 Å². The van der Waals surface area contributed by atoms with Crippen LogP contribution in [0.5, 0.6) is 0 Å². The molecule has 2 heterocycles. The largest absolute Gasteiger partial charge is 0.338 e. The van der Waals surface area contributed by atoms with Gasteiger partial charge in [0.25, 0.3) is 5.91 Å². The average Bonchev–Trinajstić information content (AvgIpc) is 2.45. The van der Waals surface area contributed by atoms with Gasteiger partial charge >= 0.3 is 0 Å². The zero-order chi connectivity index (χ0) is 15.9. The standard InChI is InChI=1S/C16H15N3O2S/c1-16(2)19-14(21)12-11(9-6-4-3-5-7-9)10(8-17)13(20)18-15(12)22-16/h3-7,10-11H,1-2H3,(H,18,20)(H,19,21). The fraction of sp³-hybridized carbons (Fsp3) is 0.312.